The smallest absolute Gasteiger partial charge is 0.160 e. The van der Waals surface area contributed by atoms with E-state index < -0.39 is 0 Å². The lowest BCUT2D eigenvalue weighted by atomic mass is 9.86. The summed E-state index contributed by atoms with van der Waals surface area (Å²) in [5.74, 6) is 0.940. The first kappa shape index (κ1) is 34.2. The Morgan fingerprint density at radius 3 is 1.83 bits per heavy atom. The van der Waals surface area contributed by atoms with Crippen LogP contribution in [0.15, 0.2) is 218 Å². The van der Waals surface area contributed by atoms with Crippen molar-refractivity contribution in [2.75, 3.05) is 4.90 Å². The Balaban J connectivity index is 0.947. The molecule has 4 nitrogen and oxygen atoms in total. The minimum Gasteiger partial charge on any atom is -0.333 e. The van der Waals surface area contributed by atoms with Gasteiger partial charge in [0, 0.05) is 50.1 Å². The maximum Gasteiger partial charge on any atom is 0.160 e. The third-order valence-electron chi connectivity index (χ3n) is 12.3. The van der Waals surface area contributed by atoms with Gasteiger partial charge in [-0.1, -0.05) is 164 Å². The zero-order chi connectivity index (χ0) is 39.6. The first-order valence-electron chi connectivity index (χ1n) is 20.7. The predicted octanol–water partition coefficient (Wildman–Crippen LogP) is 14.0. The molecule has 0 saturated carbocycles. The van der Waals surface area contributed by atoms with Crippen molar-refractivity contribution in [3.05, 3.63) is 230 Å². The second-order valence-electron chi connectivity index (χ2n) is 15.8. The van der Waals surface area contributed by atoms with Crippen LogP contribution in [0.2, 0.25) is 0 Å². The molecule has 2 unspecified atom stereocenters. The summed E-state index contributed by atoms with van der Waals surface area (Å²) < 4.78 is 2.45. The Morgan fingerprint density at radius 1 is 0.433 bits per heavy atom. The van der Waals surface area contributed by atoms with Gasteiger partial charge in [-0.15, -0.1) is 0 Å². The summed E-state index contributed by atoms with van der Waals surface area (Å²) in [6.07, 6.45) is 7.22. The summed E-state index contributed by atoms with van der Waals surface area (Å²) in [5.41, 5.74) is 14.7. The topological polar surface area (TPSA) is 34.0 Å². The van der Waals surface area contributed by atoms with Crippen LogP contribution in [0.3, 0.4) is 0 Å². The van der Waals surface area contributed by atoms with Crippen LogP contribution in [-0.2, 0) is 0 Å². The molecule has 12 rings (SSSR count). The minimum atomic E-state index is 0.107. The number of para-hydroxylation sites is 2. The van der Waals surface area contributed by atoms with Gasteiger partial charge in [-0.05, 0) is 76.7 Å². The largest absolute Gasteiger partial charge is 0.333 e. The number of hydrogen-bond acceptors (Lipinski definition) is 3. The van der Waals surface area contributed by atoms with E-state index in [1.54, 1.807) is 0 Å². The van der Waals surface area contributed by atoms with Crippen molar-refractivity contribution in [2.45, 2.75) is 12.0 Å². The number of benzene rings is 8. The monoisotopic (exact) mass is 766 g/mol. The highest BCUT2D eigenvalue weighted by molar-refractivity contribution is 6.11. The number of allylic oxidation sites excluding steroid dienone is 2. The quantitative estimate of drug-likeness (QED) is 0.169. The van der Waals surface area contributed by atoms with E-state index in [0.29, 0.717) is 5.82 Å². The molecular formula is C56H38N4. The average Bonchev–Trinajstić information content (AvgIpc) is 3.84. The molecule has 0 radical (unpaired) electrons. The third kappa shape index (κ3) is 5.60. The van der Waals surface area contributed by atoms with Crippen LogP contribution >= 0.6 is 0 Å². The van der Waals surface area contributed by atoms with Gasteiger partial charge >= 0.3 is 0 Å². The van der Waals surface area contributed by atoms with E-state index in [1.165, 1.54) is 60.7 Å². The number of anilines is 2. The second-order valence-corrected chi connectivity index (χ2v) is 15.8. The molecule has 0 saturated heterocycles. The Morgan fingerprint density at radius 2 is 1.05 bits per heavy atom. The lowest BCUT2D eigenvalue weighted by Gasteiger charge is -2.30. The number of hydrogen-bond donors (Lipinski definition) is 0. The van der Waals surface area contributed by atoms with Gasteiger partial charge in [0.05, 0.1) is 34.2 Å². The molecule has 60 heavy (non-hydrogen) atoms. The van der Waals surface area contributed by atoms with Crippen LogP contribution in [0.5, 0.6) is 0 Å². The van der Waals surface area contributed by atoms with Crippen LogP contribution in [0, 0.1) is 0 Å². The van der Waals surface area contributed by atoms with Crippen molar-refractivity contribution in [2.24, 2.45) is 0 Å². The van der Waals surface area contributed by atoms with E-state index in [-0.39, 0.29) is 12.0 Å². The molecule has 2 aliphatic rings. The molecule has 0 fully saturated rings. The molecule has 10 aromatic rings. The van der Waals surface area contributed by atoms with Crippen LogP contribution in [0.1, 0.15) is 17.0 Å². The van der Waals surface area contributed by atoms with Crippen LogP contribution < -0.4 is 4.90 Å². The molecule has 1 aliphatic heterocycles. The Labute approximate surface area is 348 Å². The maximum absolute atomic E-state index is 5.10. The number of nitrogens with zero attached hydrogens (tertiary/aromatic N) is 4. The Hall–Kier alpha value is -7.82. The Bertz CT molecular complexity index is 3260. The van der Waals surface area contributed by atoms with Gasteiger partial charge in [0.2, 0.25) is 0 Å². The van der Waals surface area contributed by atoms with E-state index in [0.717, 1.165) is 33.8 Å². The van der Waals surface area contributed by atoms with E-state index in [2.05, 4.69) is 216 Å². The van der Waals surface area contributed by atoms with Crippen molar-refractivity contribution in [3.63, 3.8) is 0 Å². The number of rotatable bonds is 6. The highest BCUT2D eigenvalue weighted by atomic mass is 15.2. The molecule has 1 aliphatic carbocycles. The standard InChI is InChI=1S/C56H38N4/c1-3-15-38(16-4-1)49-36-50(39-17-5-2-6-18-39)58-56(57-49)40-26-30-43(31-27-40)59-52-23-11-9-21-45(52)47-32-28-41(34-54(47)59)42-29-33-48-46-22-10-12-24-53(46)60(55(48)35-42)51-25-13-19-37-14-7-8-20-44(37)51/h1-36,47,54H. The summed E-state index contributed by atoms with van der Waals surface area (Å²) in [6.45, 7) is 0. The zero-order valence-electron chi connectivity index (χ0n) is 32.7. The molecule has 8 aromatic carbocycles. The predicted molar refractivity (Wildman–Crippen MR) is 249 cm³/mol. The fraction of sp³-hybridized carbons (Fsp3) is 0.0357. The normalized spacial score (nSPS) is 15.7. The zero-order valence-corrected chi connectivity index (χ0v) is 32.7. The van der Waals surface area contributed by atoms with Gasteiger partial charge in [0.1, 0.15) is 0 Å². The molecular weight excluding hydrogens is 729 g/mol. The molecule has 2 aromatic heterocycles. The summed E-state index contributed by atoms with van der Waals surface area (Å²) in [4.78, 5) is 12.7. The van der Waals surface area contributed by atoms with Crippen LogP contribution in [0.25, 0.3) is 77.7 Å². The fourth-order valence-electron chi connectivity index (χ4n) is 9.51. The van der Waals surface area contributed by atoms with E-state index >= 15 is 0 Å². The highest BCUT2D eigenvalue weighted by Crippen LogP contribution is 2.49. The molecule has 0 N–H and O–H groups in total. The maximum atomic E-state index is 5.10. The number of aromatic nitrogens is 3. The Kier molecular flexibility index (Phi) is 7.95. The molecule has 2 atom stereocenters. The van der Waals surface area contributed by atoms with Crippen LogP contribution in [0.4, 0.5) is 11.4 Å². The van der Waals surface area contributed by atoms with Gasteiger partial charge in [-0.2, -0.15) is 0 Å². The van der Waals surface area contributed by atoms with Crippen molar-refractivity contribution in [3.8, 4) is 39.6 Å². The third-order valence-corrected chi connectivity index (χ3v) is 12.3. The molecule has 0 bridgehead atoms. The fourth-order valence-corrected chi connectivity index (χ4v) is 9.51. The van der Waals surface area contributed by atoms with Crippen molar-refractivity contribution < 1.29 is 0 Å². The molecule has 3 heterocycles. The van der Waals surface area contributed by atoms with Gasteiger partial charge in [-0.25, -0.2) is 9.97 Å². The van der Waals surface area contributed by atoms with Crippen LogP contribution in [-0.4, -0.2) is 20.6 Å². The summed E-state index contributed by atoms with van der Waals surface area (Å²) in [5, 5.41) is 4.99. The summed E-state index contributed by atoms with van der Waals surface area (Å²) >= 11 is 0. The molecule has 282 valence electrons. The second kappa shape index (κ2) is 13.9. The van der Waals surface area contributed by atoms with Gasteiger partial charge in [-0.3, -0.25) is 0 Å². The van der Waals surface area contributed by atoms with E-state index in [9.17, 15) is 0 Å². The van der Waals surface area contributed by atoms with Gasteiger partial charge in [0.25, 0.3) is 0 Å². The highest BCUT2D eigenvalue weighted by Gasteiger charge is 2.38. The molecule has 0 spiro atoms. The first-order chi connectivity index (χ1) is 29.7. The lowest BCUT2D eigenvalue weighted by molar-refractivity contribution is 0.747. The van der Waals surface area contributed by atoms with Gasteiger partial charge in [0.15, 0.2) is 5.82 Å². The number of fused-ring (bicyclic) bond motifs is 7. The van der Waals surface area contributed by atoms with Gasteiger partial charge < -0.3 is 9.47 Å². The minimum absolute atomic E-state index is 0.107. The molecule has 0 amide bonds. The van der Waals surface area contributed by atoms with E-state index in [4.69, 9.17) is 9.97 Å². The summed E-state index contributed by atoms with van der Waals surface area (Å²) in [6, 6.07) is 71.7. The molecule has 4 heteroatoms. The van der Waals surface area contributed by atoms with Crippen molar-refractivity contribution >= 4 is 49.5 Å². The van der Waals surface area contributed by atoms with Crippen molar-refractivity contribution in [1.29, 1.82) is 0 Å². The summed E-state index contributed by atoms with van der Waals surface area (Å²) in [7, 11) is 0. The lowest BCUT2D eigenvalue weighted by Crippen LogP contribution is -2.29. The van der Waals surface area contributed by atoms with Crippen molar-refractivity contribution in [1.82, 2.24) is 14.5 Å². The SMILES string of the molecule is C1=CC2c3ccccc3N(c3ccc(-c4nc(-c5ccccc5)cc(-c5ccccc5)n4)cc3)C2C=C1c1ccc2c3ccccc3n(-c3cccc4ccccc34)c2c1. The first-order valence-corrected chi connectivity index (χ1v) is 20.7. The van der Waals surface area contributed by atoms with E-state index in [1.807, 2.05) is 12.1 Å². The average molecular weight is 767 g/mol.